The normalized spacial score (nSPS) is 28.9. The van der Waals surface area contributed by atoms with Gasteiger partial charge in [-0.15, -0.1) is 0 Å². The molecule has 0 unspecified atom stereocenters. The van der Waals surface area contributed by atoms with Gasteiger partial charge < -0.3 is 20.1 Å². The molecule has 1 aliphatic rings. The molecule has 21 heavy (non-hydrogen) atoms. The fourth-order valence-corrected chi connectivity index (χ4v) is 2.16. The van der Waals surface area contributed by atoms with Crippen LogP contribution in [0.4, 0.5) is 0 Å². The van der Waals surface area contributed by atoms with Gasteiger partial charge >= 0.3 is 5.69 Å². The van der Waals surface area contributed by atoms with Gasteiger partial charge in [0.1, 0.15) is 31.0 Å². The van der Waals surface area contributed by atoms with Crippen LogP contribution < -0.4 is 5.69 Å². The second-order valence-electron chi connectivity index (χ2n) is 4.54. The van der Waals surface area contributed by atoms with Crippen LogP contribution in [0.3, 0.4) is 0 Å². The van der Waals surface area contributed by atoms with Crippen molar-refractivity contribution in [2.45, 2.75) is 24.5 Å². The van der Waals surface area contributed by atoms with Crippen LogP contribution in [0, 0.1) is 0 Å². The first-order valence-electron chi connectivity index (χ1n) is 6.18. The van der Waals surface area contributed by atoms with Crippen LogP contribution in [-0.2, 0) is 4.74 Å². The van der Waals surface area contributed by atoms with E-state index in [1.54, 1.807) is 0 Å². The molecule has 10 heteroatoms. The van der Waals surface area contributed by atoms with Crippen molar-refractivity contribution in [1.29, 1.82) is 0 Å². The van der Waals surface area contributed by atoms with E-state index in [1.807, 2.05) is 0 Å². The van der Waals surface area contributed by atoms with Gasteiger partial charge in [-0.3, -0.25) is 4.57 Å². The minimum Gasteiger partial charge on any atom is -0.394 e. The van der Waals surface area contributed by atoms with Crippen molar-refractivity contribution < 1.29 is 20.1 Å². The molecular weight excluding hydrogens is 282 g/mol. The maximum atomic E-state index is 12.0. The molecule has 0 radical (unpaired) electrons. The molecular formula is C11H13N5O5. The van der Waals surface area contributed by atoms with E-state index in [0.717, 1.165) is 4.57 Å². The first-order chi connectivity index (χ1) is 10.1. The number of ether oxygens (including phenoxy) is 1. The van der Waals surface area contributed by atoms with Crippen LogP contribution in [0.2, 0.25) is 0 Å². The summed E-state index contributed by atoms with van der Waals surface area (Å²) < 4.78 is 7.62. The first-order valence-corrected chi connectivity index (χ1v) is 6.18. The van der Waals surface area contributed by atoms with E-state index in [2.05, 4.69) is 15.1 Å². The molecule has 0 saturated carbocycles. The monoisotopic (exact) mass is 295 g/mol. The summed E-state index contributed by atoms with van der Waals surface area (Å²) >= 11 is 0. The molecule has 0 spiro atoms. The smallest absolute Gasteiger partial charge is 0.351 e. The average Bonchev–Trinajstić information content (AvgIpc) is 3.10. The van der Waals surface area contributed by atoms with Crippen molar-refractivity contribution in [3.63, 3.8) is 0 Å². The Morgan fingerprint density at radius 1 is 1.33 bits per heavy atom. The third-order valence-corrected chi connectivity index (χ3v) is 3.26. The van der Waals surface area contributed by atoms with E-state index in [1.165, 1.54) is 29.6 Å². The number of aromatic nitrogens is 5. The Labute approximate surface area is 117 Å². The summed E-state index contributed by atoms with van der Waals surface area (Å²) in [6, 6.07) is 1.49. The van der Waals surface area contributed by atoms with Crippen LogP contribution in [0.5, 0.6) is 0 Å². The Morgan fingerprint density at radius 3 is 2.71 bits per heavy atom. The Kier molecular flexibility index (Phi) is 3.51. The zero-order chi connectivity index (χ0) is 15.0. The number of aliphatic hydroxyl groups is 3. The molecule has 0 aliphatic carbocycles. The molecule has 2 aromatic rings. The van der Waals surface area contributed by atoms with Crippen LogP contribution in [0.1, 0.15) is 6.23 Å². The predicted molar refractivity (Wildman–Crippen MR) is 66.4 cm³/mol. The van der Waals surface area contributed by atoms with Crippen molar-refractivity contribution in [2.24, 2.45) is 0 Å². The highest BCUT2D eigenvalue weighted by atomic mass is 16.6. The van der Waals surface area contributed by atoms with E-state index >= 15 is 0 Å². The molecule has 112 valence electrons. The number of nitrogens with zero attached hydrogens (tertiary/aromatic N) is 5. The molecule has 1 fully saturated rings. The van der Waals surface area contributed by atoms with E-state index < -0.39 is 36.8 Å². The Bertz CT molecular complexity index is 672. The molecule has 3 heterocycles. The molecule has 2 aromatic heterocycles. The highest BCUT2D eigenvalue weighted by Gasteiger charge is 2.43. The van der Waals surface area contributed by atoms with Crippen LogP contribution in [-0.4, -0.2) is 64.6 Å². The second-order valence-corrected chi connectivity index (χ2v) is 4.54. The lowest BCUT2D eigenvalue weighted by Crippen LogP contribution is -2.36. The van der Waals surface area contributed by atoms with Gasteiger partial charge in [-0.05, 0) is 6.07 Å². The van der Waals surface area contributed by atoms with E-state index in [4.69, 9.17) is 9.84 Å². The van der Waals surface area contributed by atoms with Crippen molar-refractivity contribution in [1.82, 2.24) is 24.3 Å². The zero-order valence-corrected chi connectivity index (χ0v) is 10.7. The second kappa shape index (κ2) is 5.33. The summed E-state index contributed by atoms with van der Waals surface area (Å²) in [6.07, 6.45) is -0.612. The highest BCUT2D eigenvalue weighted by molar-refractivity contribution is 5.16. The van der Waals surface area contributed by atoms with Gasteiger partial charge in [0.15, 0.2) is 12.0 Å². The molecule has 4 atom stereocenters. The number of hydrogen-bond donors (Lipinski definition) is 3. The maximum absolute atomic E-state index is 12.0. The fourth-order valence-electron chi connectivity index (χ4n) is 2.16. The summed E-state index contributed by atoms with van der Waals surface area (Å²) in [4.78, 5) is 19.6. The molecule has 0 amide bonds. The van der Waals surface area contributed by atoms with Gasteiger partial charge in [-0.2, -0.15) is 10.1 Å². The highest BCUT2D eigenvalue weighted by Crippen LogP contribution is 2.27. The molecule has 0 bridgehead atoms. The minimum atomic E-state index is -1.33. The summed E-state index contributed by atoms with van der Waals surface area (Å²) in [5, 5.41) is 32.5. The van der Waals surface area contributed by atoms with Gasteiger partial charge in [0.05, 0.1) is 6.61 Å². The lowest BCUT2D eigenvalue weighted by atomic mass is 10.1. The Morgan fingerprint density at radius 2 is 2.14 bits per heavy atom. The van der Waals surface area contributed by atoms with Crippen LogP contribution in [0.25, 0.3) is 5.82 Å². The SMILES string of the molecule is O=c1nc(-n2cncn2)ccn1[C@@H]1O[C@H](CO)[C@@H](O)[C@H]1O. The fraction of sp³-hybridized carbons (Fsp3) is 0.455. The first kappa shape index (κ1) is 13.8. The van der Waals surface area contributed by atoms with E-state index in [0.29, 0.717) is 0 Å². The van der Waals surface area contributed by atoms with E-state index in [9.17, 15) is 15.0 Å². The van der Waals surface area contributed by atoms with Crippen molar-refractivity contribution in [3.8, 4) is 5.82 Å². The van der Waals surface area contributed by atoms with Crippen molar-refractivity contribution in [2.75, 3.05) is 6.61 Å². The van der Waals surface area contributed by atoms with Crippen LogP contribution in [0.15, 0.2) is 29.7 Å². The topological polar surface area (TPSA) is 136 Å². The average molecular weight is 295 g/mol. The summed E-state index contributed by atoms with van der Waals surface area (Å²) in [5.74, 6) is 0.264. The number of rotatable bonds is 3. The van der Waals surface area contributed by atoms with Gasteiger partial charge in [0, 0.05) is 6.20 Å². The maximum Gasteiger partial charge on any atom is 0.351 e. The van der Waals surface area contributed by atoms with Gasteiger partial charge in [-0.1, -0.05) is 0 Å². The van der Waals surface area contributed by atoms with Crippen LogP contribution >= 0.6 is 0 Å². The quantitative estimate of drug-likeness (QED) is 0.562. The standard InChI is InChI=1S/C11H13N5O5/c17-3-6-8(18)9(19)10(21-6)15-2-1-7(14-11(15)20)16-5-12-4-13-16/h1-2,4-6,8-10,17-19H,3H2/t6-,8-,9-,10-/m1/s1. The molecule has 10 nitrogen and oxygen atoms in total. The summed E-state index contributed by atoms with van der Waals surface area (Å²) in [7, 11) is 0. The number of aliphatic hydroxyl groups excluding tert-OH is 3. The lowest BCUT2D eigenvalue weighted by molar-refractivity contribution is -0.0549. The summed E-state index contributed by atoms with van der Waals surface area (Å²) in [6.45, 7) is -0.464. The molecule has 1 aliphatic heterocycles. The molecule has 0 aromatic carbocycles. The van der Waals surface area contributed by atoms with Gasteiger partial charge in [0.2, 0.25) is 0 Å². The van der Waals surface area contributed by atoms with E-state index in [-0.39, 0.29) is 5.82 Å². The molecule has 3 N–H and O–H groups in total. The largest absolute Gasteiger partial charge is 0.394 e. The summed E-state index contributed by atoms with van der Waals surface area (Å²) in [5.41, 5.74) is -0.683. The van der Waals surface area contributed by atoms with Crippen molar-refractivity contribution >= 4 is 0 Å². The third kappa shape index (κ3) is 2.34. The van der Waals surface area contributed by atoms with Crippen molar-refractivity contribution in [3.05, 3.63) is 35.4 Å². The zero-order valence-electron chi connectivity index (χ0n) is 10.7. The molecule has 3 rings (SSSR count). The Balaban J connectivity index is 1.92. The van der Waals surface area contributed by atoms with Gasteiger partial charge in [-0.25, -0.2) is 14.5 Å². The molecule has 1 saturated heterocycles. The minimum absolute atomic E-state index is 0.264. The lowest BCUT2D eigenvalue weighted by Gasteiger charge is -2.17. The van der Waals surface area contributed by atoms with Gasteiger partial charge in [0.25, 0.3) is 0 Å². The number of hydrogen-bond acceptors (Lipinski definition) is 8. The Hall–Kier alpha value is -2.14. The third-order valence-electron chi connectivity index (χ3n) is 3.26. The predicted octanol–water partition coefficient (Wildman–Crippen LogP) is -2.56.